The maximum absolute atomic E-state index is 5.37. The normalized spacial score (nSPS) is 13.6. The van der Waals surface area contributed by atoms with Crippen LogP contribution < -0.4 is 0 Å². The van der Waals surface area contributed by atoms with Gasteiger partial charge in [0.2, 0.25) is 0 Å². The average molecular weight is 321 g/mol. The molecule has 92 valence electrons. The average Bonchev–Trinajstić information content (AvgIpc) is 2.77. The van der Waals surface area contributed by atoms with Crippen LogP contribution in [0.5, 0.6) is 0 Å². The number of aromatic amines is 1. The van der Waals surface area contributed by atoms with E-state index >= 15 is 0 Å². The van der Waals surface area contributed by atoms with Crippen LogP contribution in [0.25, 0.3) is 0 Å². The van der Waals surface area contributed by atoms with Crippen LogP contribution in [-0.4, -0.2) is 9.97 Å². The Hall–Kier alpha value is -1.00. The summed E-state index contributed by atoms with van der Waals surface area (Å²) in [6.07, 6.45) is 4.18. The lowest BCUT2D eigenvalue weighted by atomic mass is 10.1. The number of aryl methyl sites for hydroxylation is 1. The molecule has 0 spiro atoms. The molecule has 0 radical (unpaired) electrons. The van der Waals surface area contributed by atoms with Crippen molar-refractivity contribution in [3.63, 3.8) is 0 Å². The number of fused-ring (bicyclic) bond motifs is 1. The fourth-order valence-corrected chi connectivity index (χ4v) is 3.22. The van der Waals surface area contributed by atoms with Gasteiger partial charge in [-0.25, -0.2) is 4.98 Å². The van der Waals surface area contributed by atoms with Crippen molar-refractivity contribution in [2.45, 2.75) is 25.7 Å². The predicted molar refractivity (Wildman–Crippen MR) is 78.4 cm³/mol. The summed E-state index contributed by atoms with van der Waals surface area (Å²) in [6, 6.07) is 8.30. The topological polar surface area (TPSA) is 28.7 Å². The van der Waals surface area contributed by atoms with Gasteiger partial charge >= 0.3 is 0 Å². The van der Waals surface area contributed by atoms with Gasteiger partial charge in [-0.3, -0.25) is 0 Å². The summed E-state index contributed by atoms with van der Waals surface area (Å²) in [5.74, 6) is 0.971. The van der Waals surface area contributed by atoms with Crippen molar-refractivity contribution >= 4 is 28.1 Å². The molecule has 0 unspecified atom stereocenters. The minimum Gasteiger partial charge on any atom is -0.347 e. The molecular formula is C14H13BrN2S. The van der Waals surface area contributed by atoms with Crippen LogP contribution in [0.15, 0.2) is 28.7 Å². The Morgan fingerprint density at radius 3 is 3.06 bits per heavy atom. The van der Waals surface area contributed by atoms with Gasteiger partial charge in [0.1, 0.15) is 10.5 Å². The van der Waals surface area contributed by atoms with Crippen LogP contribution in [0, 0.1) is 4.64 Å². The molecule has 2 aromatic rings. The monoisotopic (exact) mass is 320 g/mol. The van der Waals surface area contributed by atoms with Crippen molar-refractivity contribution in [2.24, 2.45) is 0 Å². The van der Waals surface area contributed by atoms with Gasteiger partial charge in [-0.2, -0.15) is 0 Å². The fraction of sp³-hybridized carbons (Fsp3) is 0.286. The van der Waals surface area contributed by atoms with Gasteiger partial charge in [-0.05, 0) is 37.0 Å². The zero-order valence-corrected chi connectivity index (χ0v) is 12.3. The van der Waals surface area contributed by atoms with Crippen LogP contribution >= 0.6 is 28.1 Å². The molecule has 0 aliphatic heterocycles. The van der Waals surface area contributed by atoms with Gasteiger partial charge in [0.05, 0.1) is 0 Å². The Balaban J connectivity index is 1.94. The Labute approximate surface area is 120 Å². The van der Waals surface area contributed by atoms with E-state index in [0.717, 1.165) is 34.2 Å². The van der Waals surface area contributed by atoms with Gasteiger partial charge in [0.25, 0.3) is 0 Å². The second-order valence-corrected chi connectivity index (χ2v) is 5.91. The van der Waals surface area contributed by atoms with E-state index in [9.17, 15) is 0 Å². The first-order valence-corrected chi connectivity index (χ1v) is 7.28. The van der Waals surface area contributed by atoms with E-state index < -0.39 is 0 Å². The quantitative estimate of drug-likeness (QED) is 0.848. The number of aromatic nitrogens is 2. The van der Waals surface area contributed by atoms with E-state index in [2.05, 4.69) is 38.0 Å². The summed E-state index contributed by atoms with van der Waals surface area (Å²) in [4.78, 5) is 7.95. The minimum atomic E-state index is 0.784. The molecule has 3 rings (SSSR count). The Kier molecular flexibility index (Phi) is 3.31. The third-order valence-corrected chi connectivity index (χ3v) is 4.10. The highest BCUT2D eigenvalue weighted by Crippen LogP contribution is 2.21. The lowest BCUT2D eigenvalue weighted by Gasteiger charge is -2.06. The maximum Gasteiger partial charge on any atom is 0.133 e. The zero-order chi connectivity index (χ0) is 12.5. The highest BCUT2D eigenvalue weighted by Gasteiger charge is 2.14. The lowest BCUT2D eigenvalue weighted by molar-refractivity contribution is 0.885. The second-order valence-electron chi connectivity index (χ2n) is 4.61. The lowest BCUT2D eigenvalue weighted by Crippen LogP contribution is -2.02. The number of benzene rings is 1. The molecule has 0 amide bonds. The molecule has 0 saturated heterocycles. The van der Waals surface area contributed by atoms with Crippen molar-refractivity contribution in [1.82, 2.24) is 9.97 Å². The molecule has 2 nitrogen and oxygen atoms in total. The first kappa shape index (κ1) is 12.1. The molecule has 0 saturated carbocycles. The van der Waals surface area contributed by atoms with Crippen LogP contribution in [0.3, 0.4) is 0 Å². The van der Waals surface area contributed by atoms with Crippen LogP contribution in [0.2, 0.25) is 0 Å². The molecule has 1 aromatic heterocycles. The molecular weight excluding hydrogens is 308 g/mol. The Morgan fingerprint density at radius 1 is 1.33 bits per heavy atom. The first-order valence-electron chi connectivity index (χ1n) is 6.08. The summed E-state index contributed by atoms with van der Waals surface area (Å²) in [6.45, 7) is 0. The van der Waals surface area contributed by atoms with E-state index in [1.807, 2.05) is 12.1 Å². The third-order valence-electron chi connectivity index (χ3n) is 3.27. The van der Waals surface area contributed by atoms with Crippen LogP contribution in [0.4, 0.5) is 0 Å². The summed E-state index contributed by atoms with van der Waals surface area (Å²) >= 11 is 8.86. The largest absolute Gasteiger partial charge is 0.347 e. The summed E-state index contributed by atoms with van der Waals surface area (Å²) in [7, 11) is 0. The Morgan fingerprint density at radius 2 is 2.22 bits per heavy atom. The Bertz CT molecular complexity index is 648. The maximum atomic E-state index is 5.37. The minimum absolute atomic E-state index is 0.784. The smallest absolute Gasteiger partial charge is 0.133 e. The van der Waals surface area contributed by atoms with Gasteiger partial charge in [-0.1, -0.05) is 40.3 Å². The number of H-pyrrole nitrogens is 1. The van der Waals surface area contributed by atoms with Crippen LogP contribution in [0.1, 0.15) is 29.1 Å². The highest BCUT2D eigenvalue weighted by molar-refractivity contribution is 9.10. The zero-order valence-electron chi connectivity index (χ0n) is 9.87. The number of hydrogen-bond donors (Lipinski definition) is 1. The van der Waals surface area contributed by atoms with E-state index in [1.54, 1.807) is 0 Å². The molecule has 1 aliphatic carbocycles. The standard InChI is InChI=1S/C14H13BrN2S/c15-10-4-1-3-9(7-10)8-13-16-12-6-2-5-11(12)14(18)17-13/h1,3-4,7H,2,5-6,8H2,(H,16,17,18). The third kappa shape index (κ3) is 2.40. The van der Waals surface area contributed by atoms with Gasteiger partial charge in [-0.15, -0.1) is 0 Å². The number of halogens is 1. The first-order chi connectivity index (χ1) is 8.72. The van der Waals surface area contributed by atoms with Crippen molar-refractivity contribution in [2.75, 3.05) is 0 Å². The summed E-state index contributed by atoms with van der Waals surface area (Å²) < 4.78 is 1.88. The van der Waals surface area contributed by atoms with E-state index in [1.165, 1.54) is 23.2 Å². The number of nitrogens with zero attached hydrogens (tertiary/aromatic N) is 1. The van der Waals surface area contributed by atoms with Gasteiger partial charge in [0.15, 0.2) is 0 Å². The van der Waals surface area contributed by atoms with Crippen molar-refractivity contribution in [3.05, 3.63) is 56.0 Å². The molecule has 18 heavy (non-hydrogen) atoms. The highest BCUT2D eigenvalue weighted by atomic mass is 79.9. The molecule has 1 heterocycles. The molecule has 1 aliphatic rings. The van der Waals surface area contributed by atoms with Crippen molar-refractivity contribution in [1.29, 1.82) is 0 Å². The summed E-state index contributed by atoms with van der Waals surface area (Å²) in [5.41, 5.74) is 3.78. The number of rotatable bonds is 2. The van der Waals surface area contributed by atoms with E-state index in [-0.39, 0.29) is 0 Å². The van der Waals surface area contributed by atoms with Crippen molar-refractivity contribution in [3.8, 4) is 0 Å². The molecule has 0 fully saturated rings. The van der Waals surface area contributed by atoms with E-state index in [0.29, 0.717) is 0 Å². The number of nitrogens with one attached hydrogen (secondary N) is 1. The molecule has 0 bridgehead atoms. The van der Waals surface area contributed by atoms with Gasteiger partial charge < -0.3 is 4.98 Å². The second kappa shape index (κ2) is 4.94. The number of hydrogen-bond acceptors (Lipinski definition) is 2. The SMILES string of the molecule is S=c1nc(Cc2cccc(Br)c2)[nH]c2c1CCC2. The van der Waals surface area contributed by atoms with Crippen LogP contribution in [-0.2, 0) is 19.3 Å². The molecule has 1 N–H and O–H groups in total. The summed E-state index contributed by atoms with van der Waals surface area (Å²) in [5, 5.41) is 0. The predicted octanol–water partition coefficient (Wildman–Crippen LogP) is 3.98. The van der Waals surface area contributed by atoms with Crippen molar-refractivity contribution < 1.29 is 0 Å². The van der Waals surface area contributed by atoms with Gasteiger partial charge in [0, 0.05) is 22.2 Å². The molecule has 4 heteroatoms. The fourth-order valence-electron chi connectivity index (χ4n) is 2.43. The van der Waals surface area contributed by atoms with E-state index in [4.69, 9.17) is 12.2 Å². The molecule has 1 aromatic carbocycles. The molecule has 0 atom stereocenters.